The summed E-state index contributed by atoms with van der Waals surface area (Å²) in [4.78, 5) is 13.2. The molecule has 6 heteroatoms. The predicted molar refractivity (Wildman–Crippen MR) is 144 cm³/mol. The second-order valence-corrected chi connectivity index (χ2v) is 10.4. The number of fused-ring (bicyclic) bond motifs is 1. The second kappa shape index (κ2) is 9.30. The molecule has 180 valence electrons. The summed E-state index contributed by atoms with van der Waals surface area (Å²) in [5.74, 6) is 0.535. The minimum absolute atomic E-state index is 0.0146. The minimum Gasteiger partial charge on any atom is -0.392 e. The number of alkyl halides is 1. The maximum Gasteiger partial charge on any atom is 0.138 e. The van der Waals surface area contributed by atoms with Crippen LogP contribution >= 0.6 is 11.6 Å². The van der Waals surface area contributed by atoms with Gasteiger partial charge in [0, 0.05) is 49.0 Å². The molecule has 2 N–H and O–H groups in total. The van der Waals surface area contributed by atoms with Gasteiger partial charge in [0.1, 0.15) is 5.65 Å². The SMILES string of the molecule is CN1CCN(c2ccc(-c3[nH]c4nccc(C(Cl)C5CC5)c4c3-c3ccc(CO)cc3)cc2)CC1. The lowest BCUT2D eigenvalue weighted by atomic mass is 9.94. The van der Waals surface area contributed by atoms with Crippen LogP contribution in [0.2, 0.25) is 0 Å². The van der Waals surface area contributed by atoms with Crippen LogP contribution in [0.5, 0.6) is 0 Å². The van der Waals surface area contributed by atoms with Crippen LogP contribution in [0, 0.1) is 5.92 Å². The van der Waals surface area contributed by atoms with Gasteiger partial charge in [-0.25, -0.2) is 4.98 Å². The summed E-state index contributed by atoms with van der Waals surface area (Å²) in [5.41, 5.74) is 8.60. The number of piperazine rings is 1. The van der Waals surface area contributed by atoms with E-state index in [2.05, 4.69) is 64.3 Å². The topological polar surface area (TPSA) is 55.4 Å². The van der Waals surface area contributed by atoms with Gasteiger partial charge in [0.25, 0.3) is 0 Å². The summed E-state index contributed by atoms with van der Waals surface area (Å²) in [6.45, 7) is 4.32. The first-order valence-electron chi connectivity index (χ1n) is 12.5. The Hall–Kier alpha value is -2.86. The number of aliphatic hydroxyl groups is 1. The number of aliphatic hydroxyl groups excluding tert-OH is 1. The fraction of sp³-hybridized carbons (Fsp3) is 0.345. The average Bonchev–Trinajstić information content (AvgIpc) is 3.68. The number of nitrogens with one attached hydrogen (secondary N) is 1. The smallest absolute Gasteiger partial charge is 0.138 e. The van der Waals surface area contributed by atoms with E-state index in [-0.39, 0.29) is 12.0 Å². The molecule has 5 nitrogen and oxygen atoms in total. The zero-order valence-corrected chi connectivity index (χ0v) is 20.8. The number of rotatable bonds is 6. The van der Waals surface area contributed by atoms with Crippen LogP contribution < -0.4 is 4.90 Å². The third-order valence-corrected chi connectivity index (χ3v) is 8.10. The molecule has 2 aliphatic rings. The normalized spacial score (nSPS) is 17.7. The Bertz CT molecular complexity index is 1320. The van der Waals surface area contributed by atoms with Gasteiger partial charge in [-0.15, -0.1) is 11.6 Å². The number of benzene rings is 2. The van der Waals surface area contributed by atoms with E-state index in [4.69, 9.17) is 16.6 Å². The lowest BCUT2D eigenvalue weighted by molar-refractivity contribution is 0.282. The molecule has 0 spiro atoms. The van der Waals surface area contributed by atoms with Gasteiger partial charge in [-0.3, -0.25) is 0 Å². The van der Waals surface area contributed by atoms with Crippen LogP contribution in [0.25, 0.3) is 33.4 Å². The van der Waals surface area contributed by atoms with E-state index in [0.29, 0.717) is 5.92 Å². The van der Waals surface area contributed by atoms with Crippen molar-refractivity contribution >= 4 is 28.3 Å². The summed E-state index contributed by atoms with van der Waals surface area (Å²) in [6, 6.07) is 19.1. The maximum absolute atomic E-state index is 9.56. The van der Waals surface area contributed by atoms with Crippen molar-refractivity contribution in [3.8, 4) is 22.4 Å². The van der Waals surface area contributed by atoms with Crippen LogP contribution in [-0.2, 0) is 6.61 Å². The molecule has 0 radical (unpaired) electrons. The van der Waals surface area contributed by atoms with E-state index in [9.17, 15) is 5.11 Å². The van der Waals surface area contributed by atoms with Gasteiger partial charge >= 0.3 is 0 Å². The molecular weight excluding hydrogens is 456 g/mol. The lowest BCUT2D eigenvalue weighted by Crippen LogP contribution is -2.44. The zero-order chi connectivity index (χ0) is 23.9. The number of hydrogen-bond acceptors (Lipinski definition) is 4. The van der Waals surface area contributed by atoms with E-state index in [1.807, 2.05) is 18.3 Å². The van der Waals surface area contributed by atoms with Gasteiger partial charge in [-0.05, 0) is 66.3 Å². The van der Waals surface area contributed by atoms with E-state index in [1.165, 1.54) is 18.5 Å². The molecule has 3 heterocycles. The van der Waals surface area contributed by atoms with Crippen LogP contribution in [0.4, 0.5) is 5.69 Å². The second-order valence-electron chi connectivity index (χ2n) is 9.93. The summed E-state index contributed by atoms with van der Waals surface area (Å²) < 4.78 is 0. The Labute approximate surface area is 211 Å². The van der Waals surface area contributed by atoms with Crippen molar-refractivity contribution in [1.29, 1.82) is 0 Å². The van der Waals surface area contributed by atoms with Crippen LogP contribution in [0.15, 0.2) is 60.8 Å². The van der Waals surface area contributed by atoms with Gasteiger partial charge in [0.15, 0.2) is 0 Å². The molecule has 2 aromatic heterocycles. The molecule has 1 atom stereocenters. The Balaban J connectivity index is 1.47. The van der Waals surface area contributed by atoms with Gasteiger partial charge in [0.2, 0.25) is 0 Å². The molecule has 6 rings (SSSR count). The van der Waals surface area contributed by atoms with Gasteiger partial charge in [-0.1, -0.05) is 36.4 Å². The molecule has 0 amide bonds. The quantitative estimate of drug-likeness (QED) is 0.337. The number of anilines is 1. The third kappa shape index (κ3) is 4.33. The molecule has 1 unspecified atom stereocenters. The van der Waals surface area contributed by atoms with Crippen molar-refractivity contribution in [2.24, 2.45) is 5.92 Å². The van der Waals surface area contributed by atoms with E-state index < -0.39 is 0 Å². The highest BCUT2D eigenvalue weighted by Gasteiger charge is 2.33. The minimum atomic E-state index is -0.0146. The highest BCUT2D eigenvalue weighted by Crippen LogP contribution is 2.49. The highest BCUT2D eigenvalue weighted by atomic mass is 35.5. The van der Waals surface area contributed by atoms with Crippen molar-refractivity contribution in [3.05, 3.63) is 71.9 Å². The van der Waals surface area contributed by atoms with Crippen molar-refractivity contribution in [2.45, 2.75) is 24.8 Å². The Kier molecular flexibility index (Phi) is 6.01. The molecule has 35 heavy (non-hydrogen) atoms. The number of aromatic nitrogens is 2. The van der Waals surface area contributed by atoms with Crippen LogP contribution in [-0.4, -0.2) is 53.2 Å². The number of hydrogen-bond donors (Lipinski definition) is 2. The predicted octanol–water partition coefficient (Wildman–Crippen LogP) is 5.83. The molecule has 1 saturated heterocycles. The first-order valence-corrected chi connectivity index (χ1v) is 12.9. The van der Waals surface area contributed by atoms with E-state index in [1.54, 1.807) is 0 Å². The summed E-state index contributed by atoms with van der Waals surface area (Å²) >= 11 is 6.98. The van der Waals surface area contributed by atoms with Crippen LogP contribution in [0.3, 0.4) is 0 Å². The monoisotopic (exact) mass is 486 g/mol. The first kappa shape index (κ1) is 22.6. The highest BCUT2D eigenvalue weighted by molar-refractivity contribution is 6.23. The van der Waals surface area contributed by atoms with Crippen molar-refractivity contribution in [2.75, 3.05) is 38.1 Å². The number of halogens is 1. The number of pyridine rings is 1. The van der Waals surface area contributed by atoms with Gasteiger partial charge in [0.05, 0.1) is 17.7 Å². The lowest BCUT2D eigenvalue weighted by Gasteiger charge is -2.34. The molecule has 1 saturated carbocycles. The fourth-order valence-electron chi connectivity index (χ4n) is 5.20. The Morgan fingerprint density at radius 2 is 1.66 bits per heavy atom. The number of H-pyrrole nitrogens is 1. The van der Waals surface area contributed by atoms with Crippen LogP contribution in [0.1, 0.15) is 29.3 Å². The van der Waals surface area contributed by atoms with Gasteiger partial charge in [-0.2, -0.15) is 0 Å². The first-order chi connectivity index (χ1) is 17.1. The fourth-order valence-corrected chi connectivity index (χ4v) is 5.63. The molecule has 1 aliphatic carbocycles. The number of aromatic amines is 1. The molecular formula is C29H31ClN4O. The molecule has 2 fully saturated rings. The van der Waals surface area contributed by atoms with E-state index in [0.717, 1.165) is 70.7 Å². The van der Waals surface area contributed by atoms with Gasteiger partial charge < -0.3 is 19.9 Å². The van der Waals surface area contributed by atoms with E-state index >= 15 is 0 Å². The summed E-state index contributed by atoms with van der Waals surface area (Å²) in [6.07, 6.45) is 4.23. The Morgan fingerprint density at radius 3 is 2.31 bits per heavy atom. The van der Waals surface area contributed by atoms with Crippen molar-refractivity contribution < 1.29 is 5.11 Å². The largest absolute Gasteiger partial charge is 0.392 e. The third-order valence-electron chi connectivity index (χ3n) is 7.51. The average molecular weight is 487 g/mol. The molecule has 2 aromatic carbocycles. The number of nitrogens with zero attached hydrogens (tertiary/aromatic N) is 3. The van der Waals surface area contributed by atoms with Crippen molar-refractivity contribution in [3.63, 3.8) is 0 Å². The standard InChI is InChI=1S/C29H31ClN4O/c1-33-14-16-34(17-15-33)23-10-8-22(9-11-23)28-25(20-4-2-19(18-35)3-5-20)26-24(27(30)21-6-7-21)12-13-31-29(26)32-28/h2-5,8-13,21,27,35H,6-7,14-18H2,1H3,(H,31,32). The molecule has 1 aliphatic heterocycles. The van der Waals surface area contributed by atoms with Crippen molar-refractivity contribution in [1.82, 2.24) is 14.9 Å². The molecule has 4 aromatic rings. The Morgan fingerprint density at radius 1 is 0.971 bits per heavy atom. The maximum atomic E-state index is 9.56. The zero-order valence-electron chi connectivity index (χ0n) is 20.0. The summed E-state index contributed by atoms with van der Waals surface area (Å²) in [5, 5.41) is 10.6. The summed E-state index contributed by atoms with van der Waals surface area (Å²) in [7, 11) is 2.18. The number of likely N-dealkylation sites (N-methyl/N-ethyl adjacent to an activating group) is 1. The molecule has 0 bridgehead atoms.